The van der Waals surface area contributed by atoms with E-state index in [1.807, 2.05) is 18.7 Å². The highest BCUT2D eigenvalue weighted by molar-refractivity contribution is 5.82. The van der Waals surface area contributed by atoms with Gasteiger partial charge in [0.2, 0.25) is 5.91 Å². The molecule has 0 aliphatic carbocycles. The lowest BCUT2D eigenvalue weighted by Gasteiger charge is -2.26. The van der Waals surface area contributed by atoms with Gasteiger partial charge in [-0.3, -0.25) is 4.79 Å². The van der Waals surface area contributed by atoms with Gasteiger partial charge in [-0.2, -0.15) is 0 Å². The summed E-state index contributed by atoms with van der Waals surface area (Å²) in [5.41, 5.74) is 0. The minimum atomic E-state index is -0.00472. The largest absolute Gasteiger partial charge is 0.339 e. The van der Waals surface area contributed by atoms with Crippen molar-refractivity contribution in [2.45, 2.75) is 39.3 Å². The van der Waals surface area contributed by atoms with Gasteiger partial charge in [0.15, 0.2) is 0 Å². The van der Waals surface area contributed by atoms with Gasteiger partial charge in [0.1, 0.15) is 0 Å². The minimum Gasteiger partial charge on any atom is -0.339 e. The van der Waals surface area contributed by atoms with Gasteiger partial charge in [0.25, 0.3) is 0 Å². The molecule has 12 heavy (non-hydrogen) atoms. The van der Waals surface area contributed by atoms with E-state index in [0.29, 0.717) is 6.04 Å². The fraction of sp³-hybridized carbons (Fsp3) is 0.889. The van der Waals surface area contributed by atoms with E-state index in [1.54, 1.807) is 0 Å². The summed E-state index contributed by atoms with van der Waals surface area (Å²) in [6.07, 6.45) is 1.06. The van der Waals surface area contributed by atoms with Crippen LogP contribution in [0.5, 0.6) is 0 Å². The maximum atomic E-state index is 11.7. The first kappa shape index (κ1) is 9.52. The van der Waals surface area contributed by atoms with Crippen molar-refractivity contribution in [3.63, 3.8) is 0 Å². The molecule has 0 saturated carbocycles. The molecule has 3 heteroatoms. The quantitative estimate of drug-likeness (QED) is 0.625. The van der Waals surface area contributed by atoms with Crippen LogP contribution in [0.4, 0.5) is 0 Å². The number of carbonyl (C=O) groups is 1. The molecule has 3 nitrogen and oxygen atoms in total. The summed E-state index contributed by atoms with van der Waals surface area (Å²) in [5.74, 6) is 0.238. The van der Waals surface area contributed by atoms with Crippen LogP contribution in [0.15, 0.2) is 0 Å². The number of amides is 1. The van der Waals surface area contributed by atoms with Crippen molar-refractivity contribution in [2.75, 3.05) is 13.1 Å². The second-order valence-electron chi connectivity index (χ2n) is 3.44. The molecule has 2 atom stereocenters. The molecule has 0 spiro atoms. The summed E-state index contributed by atoms with van der Waals surface area (Å²) in [7, 11) is 0. The Balaban J connectivity index is 2.70. The molecule has 0 bridgehead atoms. The van der Waals surface area contributed by atoms with Crippen molar-refractivity contribution >= 4 is 5.91 Å². The summed E-state index contributed by atoms with van der Waals surface area (Å²) in [6, 6.07) is 0.384. The second-order valence-corrected chi connectivity index (χ2v) is 3.44. The molecule has 1 amide bonds. The third-order valence-electron chi connectivity index (χ3n) is 2.54. The van der Waals surface area contributed by atoms with Crippen LogP contribution in [0.25, 0.3) is 0 Å². The normalized spacial score (nSPS) is 31.9. The Labute approximate surface area is 74.1 Å². The standard InChI is InChI=1S/C9H18N2O/c1-4-11-7(2)5-6-10-8(3)9(11)12/h7-8,10H,4-6H2,1-3H3. The monoisotopic (exact) mass is 170 g/mol. The smallest absolute Gasteiger partial charge is 0.239 e. The SMILES string of the molecule is CCN1C(=O)C(C)NCCC1C. The Bertz CT molecular complexity index is 170. The van der Waals surface area contributed by atoms with Crippen molar-refractivity contribution in [3.05, 3.63) is 0 Å². The van der Waals surface area contributed by atoms with Crippen LogP contribution < -0.4 is 5.32 Å². The van der Waals surface area contributed by atoms with Crippen LogP contribution in [0, 0.1) is 0 Å². The van der Waals surface area contributed by atoms with Gasteiger partial charge in [-0.15, -0.1) is 0 Å². The molecule has 1 aliphatic rings. The third-order valence-corrected chi connectivity index (χ3v) is 2.54. The molecule has 0 aromatic rings. The van der Waals surface area contributed by atoms with E-state index >= 15 is 0 Å². The number of hydrogen-bond donors (Lipinski definition) is 1. The number of nitrogens with zero attached hydrogens (tertiary/aromatic N) is 1. The van der Waals surface area contributed by atoms with E-state index in [1.165, 1.54) is 0 Å². The van der Waals surface area contributed by atoms with Crippen molar-refractivity contribution in [1.82, 2.24) is 10.2 Å². The number of hydrogen-bond acceptors (Lipinski definition) is 2. The molecule has 1 fully saturated rings. The van der Waals surface area contributed by atoms with Gasteiger partial charge in [-0.25, -0.2) is 0 Å². The zero-order chi connectivity index (χ0) is 9.14. The van der Waals surface area contributed by atoms with Crippen molar-refractivity contribution in [3.8, 4) is 0 Å². The fourth-order valence-corrected chi connectivity index (χ4v) is 1.69. The second kappa shape index (κ2) is 3.90. The van der Waals surface area contributed by atoms with Gasteiger partial charge in [0.05, 0.1) is 6.04 Å². The Morgan fingerprint density at radius 3 is 2.83 bits per heavy atom. The average Bonchev–Trinajstić information content (AvgIpc) is 2.14. The van der Waals surface area contributed by atoms with E-state index in [-0.39, 0.29) is 11.9 Å². The predicted octanol–water partition coefficient (Wildman–Crippen LogP) is 0.605. The van der Waals surface area contributed by atoms with E-state index in [0.717, 1.165) is 19.5 Å². The Kier molecular flexibility index (Phi) is 3.09. The zero-order valence-corrected chi connectivity index (χ0v) is 8.13. The van der Waals surface area contributed by atoms with Gasteiger partial charge in [-0.05, 0) is 33.7 Å². The van der Waals surface area contributed by atoms with E-state index in [4.69, 9.17) is 0 Å². The molecule has 0 aromatic heterocycles. The summed E-state index contributed by atoms with van der Waals surface area (Å²) in [4.78, 5) is 13.6. The summed E-state index contributed by atoms with van der Waals surface area (Å²) in [6.45, 7) is 7.85. The molecule has 0 radical (unpaired) electrons. The first-order valence-electron chi connectivity index (χ1n) is 4.70. The molecule has 70 valence electrons. The lowest BCUT2D eigenvalue weighted by molar-refractivity contribution is -0.133. The van der Waals surface area contributed by atoms with Crippen LogP contribution in [0.3, 0.4) is 0 Å². The van der Waals surface area contributed by atoms with Crippen LogP contribution in [-0.4, -0.2) is 36.0 Å². The highest BCUT2D eigenvalue weighted by atomic mass is 16.2. The van der Waals surface area contributed by atoms with E-state index in [2.05, 4.69) is 12.2 Å². The molecule has 2 unspecified atom stereocenters. The lowest BCUT2D eigenvalue weighted by Crippen LogP contribution is -2.44. The highest BCUT2D eigenvalue weighted by Gasteiger charge is 2.25. The fourth-order valence-electron chi connectivity index (χ4n) is 1.69. The lowest BCUT2D eigenvalue weighted by atomic mass is 10.2. The molecular formula is C9H18N2O. The average molecular weight is 170 g/mol. The van der Waals surface area contributed by atoms with E-state index in [9.17, 15) is 4.79 Å². The summed E-state index contributed by atoms with van der Waals surface area (Å²) in [5, 5.41) is 3.20. The predicted molar refractivity (Wildman–Crippen MR) is 48.9 cm³/mol. The van der Waals surface area contributed by atoms with E-state index < -0.39 is 0 Å². The van der Waals surface area contributed by atoms with Gasteiger partial charge < -0.3 is 10.2 Å². The first-order chi connectivity index (χ1) is 5.66. The summed E-state index contributed by atoms with van der Waals surface area (Å²) >= 11 is 0. The maximum Gasteiger partial charge on any atom is 0.239 e. The topological polar surface area (TPSA) is 32.3 Å². The Hall–Kier alpha value is -0.570. The highest BCUT2D eigenvalue weighted by Crippen LogP contribution is 2.09. The van der Waals surface area contributed by atoms with Crippen LogP contribution >= 0.6 is 0 Å². The summed E-state index contributed by atoms with van der Waals surface area (Å²) < 4.78 is 0. The maximum absolute atomic E-state index is 11.7. The van der Waals surface area contributed by atoms with Gasteiger partial charge >= 0.3 is 0 Å². The van der Waals surface area contributed by atoms with Crippen LogP contribution in [0.1, 0.15) is 27.2 Å². The molecule has 1 rings (SSSR count). The van der Waals surface area contributed by atoms with Crippen molar-refractivity contribution < 1.29 is 4.79 Å². The molecule has 0 aromatic carbocycles. The molecule has 1 N–H and O–H groups in total. The van der Waals surface area contributed by atoms with Crippen LogP contribution in [0.2, 0.25) is 0 Å². The van der Waals surface area contributed by atoms with Crippen molar-refractivity contribution in [1.29, 1.82) is 0 Å². The number of carbonyl (C=O) groups excluding carboxylic acids is 1. The molecular weight excluding hydrogens is 152 g/mol. The Morgan fingerprint density at radius 2 is 2.25 bits per heavy atom. The number of rotatable bonds is 1. The van der Waals surface area contributed by atoms with Crippen molar-refractivity contribution in [2.24, 2.45) is 0 Å². The minimum absolute atomic E-state index is 0.00472. The molecule has 1 aliphatic heterocycles. The van der Waals surface area contributed by atoms with Gasteiger partial charge in [-0.1, -0.05) is 0 Å². The third kappa shape index (κ3) is 1.78. The van der Waals surface area contributed by atoms with Crippen LogP contribution in [-0.2, 0) is 4.79 Å². The Morgan fingerprint density at radius 1 is 1.58 bits per heavy atom. The molecule has 1 heterocycles. The van der Waals surface area contributed by atoms with Gasteiger partial charge in [0, 0.05) is 12.6 Å². The number of nitrogens with one attached hydrogen (secondary N) is 1. The molecule has 1 saturated heterocycles. The zero-order valence-electron chi connectivity index (χ0n) is 8.13. The first-order valence-corrected chi connectivity index (χ1v) is 4.70. The number of likely N-dealkylation sites (N-methyl/N-ethyl adjacent to an activating group) is 1.